The lowest BCUT2D eigenvalue weighted by atomic mass is 10.2. The molecule has 2 aliphatic rings. The molecular formula is C15H34O3Si3. The minimum atomic E-state index is -1.61. The average Bonchev–Trinajstić information content (AvgIpc) is 3.08. The van der Waals surface area contributed by atoms with Gasteiger partial charge in [0, 0.05) is 19.8 Å². The first-order valence-electron chi connectivity index (χ1n) is 8.39. The van der Waals surface area contributed by atoms with Gasteiger partial charge in [-0.1, -0.05) is 26.2 Å². The predicted octanol–water partition coefficient (Wildman–Crippen LogP) is 3.75. The van der Waals surface area contributed by atoms with Gasteiger partial charge in [-0.15, -0.1) is 0 Å². The van der Waals surface area contributed by atoms with E-state index in [4.69, 9.17) is 13.9 Å². The molecule has 0 aliphatic carbocycles. The van der Waals surface area contributed by atoms with Crippen LogP contribution in [0.25, 0.3) is 0 Å². The van der Waals surface area contributed by atoms with Crippen LogP contribution in [0.5, 0.6) is 0 Å². The van der Waals surface area contributed by atoms with E-state index in [-0.39, 0.29) is 5.60 Å². The van der Waals surface area contributed by atoms with Gasteiger partial charge in [0.05, 0.1) is 20.3 Å². The molecule has 2 unspecified atom stereocenters. The molecule has 0 bridgehead atoms. The van der Waals surface area contributed by atoms with E-state index in [1.165, 1.54) is 12.1 Å². The van der Waals surface area contributed by atoms with Crippen LogP contribution in [0.15, 0.2) is 0 Å². The van der Waals surface area contributed by atoms with Crippen molar-refractivity contribution in [3.05, 3.63) is 0 Å². The van der Waals surface area contributed by atoms with E-state index in [0.717, 1.165) is 26.2 Å². The Kier molecular flexibility index (Phi) is 5.00. The van der Waals surface area contributed by atoms with E-state index in [2.05, 4.69) is 46.6 Å². The first kappa shape index (κ1) is 17.9. The highest BCUT2D eigenvalue weighted by Crippen LogP contribution is 2.45. The van der Waals surface area contributed by atoms with Gasteiger partial charge in [-0.2, -0.15) is 0 Å². The van der Waals surface area contributed by atoms with Crippen LogP contribution in [0.1, 0.15) is 20.3 Å². The van der Waals surface area contributed by atoms with E-state index in [0.29, 0.717) is 6.10 Å². The number of ether oxygens (including phenoxy) is 2. The molecule has 0 N–H and O–H groups in total. The number of epoxide rings is 1. The minimum Gasteiger partial charge on any atom is -0.415 e. The lowest BCUT2D eigenvalue weighted by Crippen LogP contribution is -2.78. The van der Waals surface area contributed by atoms with Crippen molar-refractivity contribution in [2.24, 2.45) is 0 Å². The second-order valence-electron chi connectivity index (χ2n) is 8.91. The van der Waals surface area contributed by atoms with Gasteiger partial charge >= 0.3 is 0 Å². The van der Waals surface area contributed by atoms with Crippen molar-refractivity contribution in [2.45, 2.75) is 76.8 Å². The zero-order valence-electron chi connectivity index (χ0n) is 15.0. The maximum Gasteiger partial charge on any atom is 0.175 e. The van der Waals surface area contributed by atoms with Crippen LogP contribution in [0.3, 0.4) is 0 Å². The predicted molar refractivity (Wildman–Crippen MR) is 96.5 cm³/mol. The third-order valence-corrected chi connectivity index (χ3v) is 46.6. The molecule has 0 saturated carbocycles. The summed E-state index contributed by atoms with van der Waals surface area (Å²) in [6.45, 7) is 20.2. The molecule has 2 aliphatic heterocycles. The number of hydrogen-bond donors (Lipinski definition) is 0. The maximum atomic E-state index is 6.81. The molecular weight excluding hydrogens is 312 g/mol. The summed E-state index contributed by atoms with van der Waals surface area (Å²) in [5.41, 5.74) is 0.0991. The number of rotatable bonds is 6. The van der Waals surface area contributed by atoms with Crippen molar-refractivity contribution in [2.75, 3.05) is 19.8 Å². The Hall–Kier alpha value is 0.531. The Labute approximate surface area is 133 Å². The van der Waals surface area contributed by atoms with Crippen molar-refractivity contribution >= 4 is 22.5 Å². The summed E-state index contributed by atoms with van der Waals surface area (Å²) in [7, 11) is -4.01. The largest absolute Gasteiger partial charge is 0.415 e. The normalized spacial score (nSPS) is 36.4. The highest BCUT2D eigenvalue weighted by atomic mass is 29.6. The first-order chi connectivity index (χ1) is 9.49. The molecule has 2 heterocycles. The fourth-order valence-electron chi connectivity index (χ4n) is 4.03. The Morgan fingerprint density at radius 3 is 2.33 bits per heavy atom. The van der Waals surface area contributed by atoms with Crippen LogP contribution in [-0.4, -0.2) is 54.1 Å². The van der Waals surface area contributed by atoms with Crippen LogP contribution in [0.4, 0.5) is 0 Å². The fourth-order valence-corrected chi connectivity index (χ4v) is 37.5. The summed E-state index contributed by atoms with van der Waals surface area (Å²) in [4.78, 5) is 0. The van der Waals surface area contributed by atoms with Gasteiger partial charge in [-0.05, 0) is 38.9 Å². The summed E-state index contributed by atoms with van der Waals surface area (Å²) in [5.74, 6) is 0. The van der Waals surface area contributed by atoms with E-state index in [9.17, 15) is 0 Å². The molecule has 0 aromatic heterocycles. The van der Waals surface area contributed by atoms with Crippen LogP contribution in [-0.2, 0) is 13.9 Å². The molecule has 21 heavy (non-hydrogen) atoms. The molecule has 0 radical (unpaired) electrons. The summed E-state index contributed by atoms with van der Waals surface area (Å²) in [6, 6.07) is 2.61. The average molecular weight is 347 g/mol. The molecule has 2 atom stereocenters. The molecule has 2 fully saturated rings. The topological polar surface area (TPSA) is 31.0 Å². The summed E-state index contributed by atoms with van der Waals surface area (Å²) in [5, 5.41) is 0. The van der Waals surface area contributed by atoms with Crippen molar-refractivity contribution in [3.8, 4) is 0 Å². The van der Waals surface area contributed by atoms with Gasteiger partial charge in [-0.3, -0.25) is 0 Å². The van der Waals surface area contributed by atoms with Crippen LogP contribution in [0.2, 0.25) is 44.8 Å². The van der Waals surface area contributed by atoms with Crippen LogP contribution >= 0.6 is 0 Å². The Morgan fingerprint density at radius 1 is 1.14 bits per heavy atom. The zero-order chi connectivity index (χ0) is 15.9. The van der Waals surface area contributed by atoms with Gasteiger partial charge in [0.15, 0.2) is 7.83 Å². The molecule has 2 rings (SSSR count). The fraction of sp³-hybridized carbons (Fsp3) is 1.00. The van der Waals surface area contributed by atoms with Gasteiger partial charge in [0.25, 0.3) is 0 Å². The molecule has 0 aromatic carbocycles. The van der Waals surface area contributed by atoms with E-state index in [1.54, 1.807) is 0 Å². The Bertz CT molecular complexity index is 380. The molecule has 0 aromatic rings. The Morgan fingerprint density at radius 2 is 1.76 bits per heavy atom. The van der Waals surface area contributed by atoms with E-state index in [1.807, 2.05) is 0 Å². The molecule has 124 valence electrons. The second-order valence-corrected chi connectivity index (χ2v) is 35.7. The van der Waals surface area contributed by atoms with Crippen molar-refractivity contribution in [1.82, 2.24) is 0 Å². The molecule has 2 saturated heterocycles. The van der Waals surface area contributed by atoms with E-state index >= 15 is 0 Å². The third kappa shape index (κ3) is 3.90. The molecule has 0 amide bonds. The second kappa shape index (κ2) is 5.87. The van der Waals surface area contributed by atoms with Gasteiger partial charge in [0.1, 0.15) is 6.10 Å². The van der Waals surface area contributed by atoms with Gasteiger partial charge in [0.2, 0.25) is 0 Å². The minimum absolute atomic E-state index is 0.0991. The summed E-state index contributed by atoms with van der Waals surface area (Å²) in [6.07, 6.45) is 1.55. The lowest BCUT2D eigenvalue weighted by molar-refractivity contribution is 0.107. The first-order valence-corrected chi connectivity index (χ1v) is 19.2. The monoisotopic (exact) mass is 346 g/mol. The quantitative estimate of drug-likeness (QED) is 0.417. The van der Waals surface area contributed by atoms with Crippen LogP contribution < -0.4 is 0 Å². The van der Waals surface area contributed by atoms with Crippen molar-refractivity contribution in [1.29, 1.82) is 0 Å². The summed E-state index contributed by atoms with van der Waals surface area (Å²) < 4.78 is 17.7. The Balaban J connectivity index is 1.95. The van der Waals surface area contributed by atoms with Crippen LogP contribution in [0, 0.1) is 0 Å². The molecule has 6 heteroatoms. The molecule has 0 spiro atoms. The molecule has 3 nitrogen and oxygen atoms in total. The van der Waals surface area contributed by atoms with Crippen molar-refractivity contribution < 1.29 is 13.9 Å². The lowest BCUT2D eigenvalue weighted by Gasteiger charge is -2.59. The number of hydrogen-bond acceptors (Lipinski definition) is 3. The van der Waals surface area contributed by atoms with E-state index < -0.39 is 22.5 Å². The zero-order valence-corrected chi connectivity index (χ0v) is 18.0. The summed E-state index contributed by atoms with van der Waals surface area (Å²) >= 11 is 0. The van der Waals surface area contributed by atoms with Gasteiger partial charge in [-0.25, -0.2) is 0 Å². The third-order valence-electron chi connectivity index (χ3n) is 6.03. The van der Waals surface area contributed by atoms with Crippen molar-refractivity contribution in [3.63, 3.8) is 0 Å². The maximum absolute atomic E-state index is 6.81. The SMILES string of the molecule is CC1(C)C[Si](C)(C)[Si](C)(C)[Si](C)(CCCOCC2CO2)O1. The standard InChI is InChI=1S/C15H34O3Si3/c1-15(2)13-19(3,4)20(5,6)21(7,18-15)10-8-9-16-11-14-12-17-14/h14H,8-13H2,1-7H3. The smallest absolute Gasteiger partial charge is 0.175 e. The van der Waals surface area contributed by atoms with Gasteiger partial charge < -0.3 is 13.9 Å². The highest BCUT2D eigenvalue weighted by Gasteiger charge is 2.62. The highest BCUT2D eigenvalue weighted by molar-refractivity contribution is 7.67.